The van der Waals surface area contributed by atoms with Crippen molar-refractivity contribution in [3.8, 4) is 0 Å². The average Bonchev–Trinajstić information content (AvgIpc) is 2.26. The van der Waals surface area contributed by atoms with Crippen LogP contribution in [0.5, 0.6) is 0 Å². The fourth-order valence-electron chi connectivity index (χ4n) is 1.86. The Hall–Kier alpha value is -0.0800. The molecule has 1 rings (SSSR count). The van der Waals surface area contributed by atoms with Crippen molar-refractivity contribution in [3.63, 3.8) is 0 Å². The molecule has 1 aliphatic rings. The Morgan fingerprint density at radius 2 is 2.21 bits per heavy atom. The number of rotatable bonds is 5. The summed E-state index contributed by atoms with van der Waals surface area (Å²) in [5, 5.41) is 3.66. The molecule has 0 radical (unpaired) electrons. The first-order valence-corrected chi connectivity index (χ1v) is 6.11. The van der Waals surface area contributed by atoms with Crippen LogP contribution in [0.1, 0.15) is 46.5 Å². The lowest BCUT2D eigenvalue weighted by Crippen LogP contribution is -2.40. The zero-order valence-electron chi connectivity index (χ0n) is 9.88. The van der Waals surface area contributed by atoms with E-state index in [1.165, 1.54) is 19.3 Å². The molecule has 0 aromatic heterocycles. The molecule has 0 saturated carbocycles. The Morgan fingerprint density at radius 3 is 2.86 bits per heavy atom. The quantitative estimate of drug-likeness (QED) is 0.735. The van der Waals surface area contributed by atoms with Crippen molar-refractivity contribution < 1.29 is 4.74 Å². The zero-order chi connectivity index (χ0) is 10.4. The number of hydrogen-bond donors (Lipinski definition) is 1. The molecule has 1 fully saturated rings. The van der Waals surface area contributed by atoms with Crippen LogP contribution >= 0.6 is 0 Å². The summed E-state index contributed by atoms with van der Waals surface area (Å²) < 4.78 is 5.65. The van der Waals surface area contributed by atoms with E-state index >= 15 is 0 Å². The Morgan fingerprint density at radius 1 is 1.43 bits per heavy atom. The van der Waals surface area contributed by atoms with Crippen molar-refractivity contribution in [1.82, 2.24) is 5.32 Å². The van der Waals surface area contributed by atoms with E-state index in [9.17, 15) is 0 Å². The van der Waals surface area contributed by atoms with E-state index in [0.717, 1.165) is 25.5 Å². The van der Waals surface area contributed by atoms with Crippen LogP contribution in [-0.4, -0.2) is 25.3 Å². The molecule has 84 valence electrons. The SMILES string of the molecule is CCC(C)CNC1CCOC(CC)C1. The maximum absolute atomic E-state index is 5.65. The normalized spacial score (nSPS) is 30.2. The van der Waals surface area contributed by atoms with Crippen molar-refractivity contribution in [3.05, 3.63) is 0 Å². The van der Waals surface area contributed by atoms with Gasteiger partial charge in [-0.25, -0.2) is 0 Å². The van der Waals surface area contributed by atoms with Crippen LogP contribution in [0.3, 0.4) is 0 Å². The number of ether oxygens (including phenoxy) is 1. The predicted molar refractivity (Wildman–Crippen MR) is 60.5 cm³/mol. The van der Waals surface area contributed by atoms with Gasteiger partial charge in [0.25, 0.3) is 0 Å². The van der Waals surface area contributed by atoms with Crippen LogP contribution in [0.4, 0.5) is 0 Å². The summed E-state index contributed by atoms with van der Waals surface area (Å²) in [6.07, 6.45) is 5.31. The molecule has 3 unspecified atom stereocenters. The standard InChI is InChI=1S/C12H25NO/c1-4-10(3)9-13-11-6-7-14-12(5-2)8-11/h10-13H,4-9H2,1-3H3. The summed E-state index contributed by atoms with van der Waals surface area (Å²) in [6.45, 7) is 8.88. The molecule has 0 aliphatic carbocycles. The summed E-state index contributed by atoms with van der Waals surface area (Å²) >= 11 is 0. The van der Waals surface area contributed by atoms with Crippen LogP contribution < -0.4 is 5.32 Å². The summed E-state index contributed by atoms with van der Waals surface area (Å²) in [5.41, 5.74) is 0. The number of hydrogen-bond acceptors (Lipinski definition) is 2. The second-order valence-corrected chi connectivity index (χ2v) is 4.54. The Balaban J connectivity index is 2.17. The second kappa shape index (κ2) is 6.41. The monoisotopic (exact) mass is 199 g/mol. The molecule has 0 bridgehead atoms. The molecule has 3 atom stereocenters. The summed E-state index contributed by atoms with van der Waals surface area (Å²) in [7, 11) is 0. The molecule has 0 amide bonds. The first kappa shape index (κ1) is 12.0. The Labute approximate surface area is 88.4 Å². The van der Waals surface area contributed by atoms with Gasteiger partial charge in [-0.1, -0.05) is 27.2 Å². The highest BCUT2D eigenvalue weighted by Crippen LogP contribution is 2.16. The third-order valence-corrected chi connectivity index (χ3v) is 3.27. The van der Waals surface area contributed by atoms with Crippen molar-refractivity contribution in [2.75, 3.05) is 13.2 Å². The van der Waals surface area contributed by atoms with Crippen molar-refractivity contribution in [2.24, 2.45) is 5.92 Å². The second-order valence-electron chi connectivity index (χ2n) is 4.54. The number of nitrogens with one attached hydrogen (secondary N) is 1. The Bertz CT molecular complexity index is 149. The van der Waals surface area contributed by atoms with Crippen LogP contribution in [0.2, 0.25) is 0 Å². The molecular weight excluding hydrogens is 174 g/mol. The largest absolute Gasteiger partial charge is 0.378 e. The van der Waals surface area contributed by atoms with E-state index < -0.39 is 0 Å². The van der Waals surface area contributed by atoms with Crippen molar-refractivity contribution in [2.45, 2.75) is 58.6 Å². The molecule has 2 heteroatoms. The first-order chi connectivity index (χ1) is 6.76. The highest BCUT2D eigenvalue weighted by molar-refractivity contribution is 4.76. The minimum atomic E-state index is 0.498. The third-order valence-electron chi connectivity index (χ3n) is 3.27. The fraction of sp³-hybridized carbons (Fsp3) is 1.00. The molecule has 0 spiro atoms. The molecule has 1 saturated heterocycles. The minimum Gasteiger partial charge on any atom is -0.378 e. The van der Waals surface area contributed by atoms with Crippen LogP contribution in [0.25, 0.3) is 0 Å². The molecule has 0 aromatic carbocycles. The molecule has 2 nitrogen and oxygen atoms in total. The zero-order valence-corrected chi connectivity index (χ0v) is 9.88. The molecule has 1 N–H and O–H groups in total. The van der Waals surface area contributed by atoms with Crippen molar-refractivity contribution >= 4 is 0 Å². The average molecular weight is 199 g/mol. The molecule has 1 aliphatic heterocycles. The van der Waals surface area contributed by atoms with Gasteiger partial charge in [0.2, 0.25) is 0 Å². The highest BCUT2D eigenvalue weighted by Gasteiger charge is 2.20. The van der Waals surface area contributed by atoms with Gasteiger partial charge in [0.05, 0.1) is 6.10 Å². The molecule has 0 aromatic rings. The summed E-state index contributed by atoms with van der Waals surface area (Å²) in [4.78, 5) is 0. The maximum Gasteiger partial charge on any atom is 0.0587 e. The lowest BCUT2D eigenvalue weighted by Gasteiger charge is -2.30. The van der Waals surface area contributed by atoms with Crippen LogP contribution in [-0.2, 0) is 4.74 Å². The van der Waals surface area contributed by atoms with Gasteiger partial charge in [-0.2, -0.15) is 0 Å². The van der Waals surface area contributed by atoms with Gasteiger partial charge in [0.1, 0.15) is 0 Å². The molecule has 1 heterocycles. The van der Waals surface area contributed by atoms with Gasteiger partial charge in [-0.05, 0) is 31.7 Å². The maximum atomic E-state index is 5.65. The van der Waals surface area contributed by atoms with Gasteiger partial charge in [0.15, 0.2) is 0 Å². The van der Waals surface area contributed by atoms with Gasteiger partial charge in [-0.3, -0.25) is 0 Å². The summed E-state index contributed by atoms with van der Waals surface area (Å²) in [6, 6.07) is 0.697. The lowest BCUT2D eigenvalue weighted by molar-refractivity contribution is -0.000509. The van der Waals surface area contributed by atoms with E-state index in [0.29, 0.717) is 12.1 Å². The lowest BCUT2D eigenvalue weighted by atomic mass is 10.0. The Kier molecular flexibility index (Phi) is 5.49. The van der Waals surface area contributed by atoms with E-state index in [-0.39, 0.29) is 0 Å². The van der Waals surface area contributed by atoms with Gasteiger partial charge in [-0.15, -0.1) is 0 Å². The van der Waals surface area contributed by atoms with E-state index in [1.807, 2.05) is 0 Å². The summed E-state index contributed by atoms with van der Waals surface area (Å²) in [5.74, 6) is 0.804. The van der Waals surface area contributed by atoms with Crippen molar-refractivity contribution in [1.29, 1.82) is 0 Å². The molecule has 14 heavy (non-hydrogen) atoms. The smallest absolute Gasteiger partial charge is 0.0587 e. The highest BCUT2D eigenvalue weighted by atomic mass is 16.5. The van der Waals surface area contributed by atoms with Gasteiger partial charge in [0, 0.05) is 12.6 Å². The van der Waals surface area contributed by atoms with E-state index in [2.05, 4.69) is 26.1 Å². The minimum absolute atomic E-state index is 0.498. The van der Waals surface area contributed by atoms with Gasteiger partial charge < -0.3 is 10.1 Å². The first-order valence-electron chi connectivity index (χ1n) is 6.11. The fourth-order valence-corrected chi connectivity index (χ4v) is 1.86. The van der Waals surface area contributed by atoms with Crippen LogP contribution in [0.15, 0.2) is 0 Å². The van der Waals surface area contributed by atoms with Gasteiger partial charge >= 0.3 is 0 Å². The molecular formula is C12H25NO. The topological polar surface area (TPSA) is 21.3 Å². The van der Waals surface area contributed by atoms with E-state index in [1.54, 1.807) is 0 Å². The third kappa shape index (κ3) is 3.97. The predicted octanol–water partition coefficient (Wildman–Crippen LogP) is 2.58. The van der Waals surface area contributed by atoms with Crippen LogP contribution in [0, 0.1) is 5.92 Å². The van der Waals surface area contributed by atoms with E-state index in [4.69, 9.17) is 4.74 Å².